The van der Waals surface area contributed by atoms with Gasteiger partial charge in [0.15, 0.2) is 0 Å². The highest BCUT2D eigenvalue weighted by molar-refractivity contribution is 6.30. The number of hydrogen-bond donors (Lipinski definition) is 1. The molecule has 7 nitrogen and oxygen atoms in total. The van der Waals surface area contributed by atoms with E-state index >= 15 is 0 Å². The van der Waals surface area contributed by atoms with Crippen molar-refractivity contribution in [3.05, 3.63) is 58.7 Å². The summed E-state index contributed by atoms with van der Waals surface area (Å²) < 4.78 is 38.4. The minimum Gasteiger partial charge on any atom is -0.465 e. The van der Waals surface area contributed by atoms with E-state index in [9.17, 15) is 27.9 Å². The van der Waals surface area contributed by atoms with Crippen molar-refractivity contribution >= 4 is 29.4 Å². The van der Waals surface area contributed by atoms with Crippen LogP contribution in [0.5, 0.6) is 0 Å². The number of piperidine rings is 1. The highest BCUT2D eigenvalue weighted by atomic mass is 35.5. The van der Waals surface area contributed by atoms with E-state index in [2.05, 4.69) is 4.98 Å². The first-order valence-electron chi connectivity index (χ1n) is 11.7. The van der Waals surface area contributed by atoms with Gasteiger partial charge in [-0.25, -0.2) is 9.78 Å². The second-order valence-corrected chi connectivity index (χ2v) is 10.2. The van der Waals surface area contributed by atoms with Gasteiger partial charge in [-0.2, -0.15) is 13.2 Å². The lowest BCUT2D eigenvalue weighted by Gasteiger charge is -2.35. The molecular weight excluding hydrogens is 497 g/mol. The fourth-order valence-corrected chi connectivity index (χ4v) is 5.42. The van der Waals surface area contributed by atoms with Gasteiger partial charge in [-0.3, -0.25) is 4.79 Å². The molecule has 0 radical (unpaired) electrons. The van der Waals surface area contributed by atoms with E-state index in [1.54, 1.807) is 17.0 Å². The van der Waals surface area contributed by atoms with Crippen molar-refractivity contribution in [2.45, 2.75) is 37.4 Å². The number of likely N-dealkylation sites (N-methyl/N-ethyl adjacent to an activating group) is 1. The summed E-state index contributed by atoms with van der Waals surface area (Å²) in [6.45, 7) is 3.61. The van der Waals surface area contributed by atoms with E-state index < -0.39 is 29.3 Å². The number of nitrogens with zero attached hydrogens (tertiary/aromatic N) is 4. The Balaban J connectivity index is 1.45. The van der Waals surface area contributed by atoms with E-state index in [1.807, 2.05) is 24.0 Å². The molecule has 2 aliphatic heterocycles. The Bertz CT molecular complexity index is 1110. The number of likely N-dealkylation sites (tertiary alicyclic amines) is 1. The standard InChI is InChI=1S/C25H28ClF3N4O3/c1-24(17-3-6-19(26)7-4-17)15-33(14-20(24)31(2)23(35)36)22(34)16-9-11-32(12-10-16)21-8-5-18(13-30-21)25(27,28)29/h3-8,13,16,20H,9-12,14-15H2,1-2H3,(H,35,36)/t20-,24+/m1/s1. The van der Waals surface area contributed by atoms with Crippen LogP contribution in [0.25, 0.3) is 0 Å². The first kappa shape index (κ1) is 26.1. The second-order valence-electron chi connectivity index (χ2n) is 9.72. The van der Waals surface area contributed by atoms with Gasteiger partial charge in [-0.1, -0.05) is 30.7 Å². The van der Waals surface area contributed by atoms with Crippen molar-refractivity contribution in [1.29, 1.82) is 0 Å². The summed E-state index contributed by atoms with van der Waals surface area (Å²) in [5.41, 5.74) is -0.503. The van der Waals surface area contributed by atoms with Crippen LogP contribution in [0.2, 0.25) is 5.02 Å². The van der Waals surface area contributed by atoms with Crippen molar-refractivity contribution in [1.82, 2.24) is 14.8 Å². The molecule has 1 aromatic carbocycles. The van der Waals surface area contributed by atoms with Crippen LogP contribution in [0.1, 0.15) is 30.9 Å². The molecule has 0 aliphatic carbocycles. The average molecular weight is 525 g/mol. The molecule has 194 valence electrons. The summed E-state index contributed by atoms with van der Waals surface area (Å²) in [7, 11) is 1.52. The predicted molar refractivity (Wildman–Crippen MR) is 129 cm³/mol. The molecule has 2 fully saturated rings. The number of alkyl halides is 3. The van der Waals surface area contributed by atoms with Crippen molar-refractivity contribution in [3.63, 3.8) is 0 Å². The van der Waals surface area contributed by atoms with Crippen molar-refractivity contribution in [2.75, 3.05) is 38.1 Å². The molecule has 0 unspecified atom stereocenters. The van der Waals surface area contributed by atoms with Crippen LogP contribution < -0.4 is 4.90 Å². The van der Waals surface area contributed by atoms with Gasteiger partial charge in [-0.05, 0) is 42.7 Å². The zero-order valence-electron chi connectivity index (χ0n) is 20.0. The third-order valence-corrected chi connectivity index (χ3v) is 7.73. The molecule has 1 N–H and O–H groups in total. The summed E-state index contributed by atoms with van der Waals surface area (Å²) in [6.07, 6.45) is -3.60. The highest BCUT2D eigenvalue weighted by Crippen LogP contribution is 2.39. The molecule has 2 atom stereocenters. The number of halogens is 4. The molecule has 2 saturated heterocycles. The number of carboxylic acid groups (broad SMARTS) is 1. The second kappa shape index (κ2) is 9.80. The summed E-state index contributed by atoms with van der Waals surface area (Å²) in [5, 5.41) is 10.2. The van der Waals surface area contributed by atoms with Crippen LogP contribution in [0, 0.1) is 5.92 Å². The maximum Gasteiger partial charge on any atom is 0.417 e. The summed E-state index contributed by atoms with van der Waals surface area (Å²) in [5.74, 6) is 0.170. The Morgan fingerprint density at radius 2 is 1.78 bits per heavy atom. The Morgan fingerprint density at radius 3 is 2.31 bits per heavy atom. The monoisotopic (exact) mass is 524 g/mol. The number of carbonyl (C=O) groups is 2. The topological polar surface area (TPSA) is 77.0 Å². The molecule has 36 heavy (non-hydrogen) atoms. The normalized spacial score (nSPS) is 23.1. The predicted octanol–water partition coefficient (Wildman–Crippen LogP) is 4.75. The largest absolute Gasteiger partial charge is 0.465 e. The van der Waals surface area contributed by atoms with Crippen molar-refractivity contribution in [2.24, 2.45) is 5.92 Å². The number of pyridine rings is 1. The number of amides is 2. The Kier molecular flexibility index (Phi) is 7.10. The lowest BCUT2D eigenvalue weighted by Crippen LogP contribution is -2.48. The molecule has 0 spiro atoms. The van der Waals surface area contributed by atoms with E-state index in [0.29, 0.717) is 43.3 Å². The van der Waals surface area contributed by atoms with Crippen molar-refractivity contribution in [3.8, 4) is 0 Å². The fraction of sp³-hybridized carbons (Fsp3) is 0.480. The molecule has 2 aromatic rings. The van der Waals surface area contributed by atoms with Crippen LogP contribution >= 0.6 is 11.6 Å². The third-order valence-electron chi connectivity index (χ3n) is 7.48. The van der Waals surface area contributed by atoms with Gasteiger partial charge in [0, 0.05) is 55.8 Å². The maximum absolute atomic E-state index is 13.5. The number of carbonyl (C=O) groups excluding carboxylic acids is 1. The molecule has 3 heterocycles. The Labute approximate surface area is 212 Å². The molecule has 0 bridgehead atoms. The van der Waals surface area contributed by atoms with E-state index in [0.717, 1.165) is 17.8 Å². The number of benzene rings is 1. The number of aromatic nitrogens is 1. The smallest absolute Gasteiger partial charge is 0.417 e. The summed E-state index contributed by atoms with van der Waals surface area (Å²) in [6, 6.07) is 9.20. The van der Waals surface area contributed by atoms with E-state index in [1.165, 1.54) is 18.0 Å². The Hall–Kier alpha value is -3.01. The van der Waals surface area contributed by atoms with Crippen molar-refractivity contribution < 1.29 is 27.9 Å². The van der Waals surface area contributed by atoms with Crippen LogP contribution in [-0.4, -0.2) is 71.2 Å². The highest BCUT2D eigenvalue weighted by Gasteiger charge is 2.49. The first-order valence-corrected chi connectivity index (χ1v) is 12.1. The zero-order chi connectivity index (χ0) is 26.3. The molecule has 0 saturated carbocycles. The minimum atomic E-state index is -4.44. The molecule has 2 amide bonds. The molecule has 4 rings (SSSR count). The minimum absolute atomic E-state index is 0.0310. The van der Waals surface area contributed by atoms with Crippen LogP contribution in [0.4, 0.5) is 23.8 Å². The van der Waals surface area contributed by atoms with Gasteiger partial charge in [0.2, 0.25) is 5.91 Å². The van der Waals surface area contributed by atoms with Gasteiger partial charge in [0.1, 0.15) is 5.82 Å². The molecule has 11 heteroatoms. The van der Waals surface area contributed by atoms with Gasteiger partial charge in [0.05, 0.1) is 11.6 Å². The lowest BCUT2D eigenvalue weighted by atomic mass is 9.77. The quantitative estimate of drug-likeness (QED) is 0.624. The van der Waals surface area contributed by atoms with Crippen LogP contribution in [0.15, 0.2) is 42.6 Å². The van der Waals surface area contributed by atoms with Crippen LogP contribution in [0.3, 0.4) is 0 Å². The maximum atomic E-state index is 13.5. The number of anilines is 1. The van der Waals surface area contributed by atoms with Gasteiger partial charge >= 0.3 is 12.3 Å². The van der Waals surface area contributed by atoms with Gasteiger partial charge in [-0.15, -0.1) is 0 Å². The third kappa shape index (κ3) is 5.09. The molecular formula is C25H28ClF3N4O3. The lowest BCUT2D eigenvalue weighted by molar-refractivity contribution is -0.138. The SMILES string of the molecule is CN(C(=O)O)[C@@H]1CN(C(=O)C2CCN(c3ccc(C(F)(F)F)cn3)CC2)C[C@@]1(C)c1ccc(Cl)cc1. The van der Waals surface area contributed by atoms with E-state index in [4.69, 9.17) is 11.6 Å². The van der Waals surface area contributed by atoms with Crippen LogP contribution in [-0.2, 0) is 16.4 Å². The molecule has 1 aromatic heterocycles. The summed E-state index contributed by atoms with van der Waals surface area (Å²) >= 11 is 6.05. The first-order chi connectivity index (χ1) is 16.9. The fourth-order valence-electron chi connectivity index (χ4n) is 5.30. The average Bonchev–Trinajstić information content (AvgIpc) is 3.21. The van der Waals surface area contributed by atoms with Gasteiger partial charge in [0.25, 0.3) is 0 Å². The number of rotatable bonds is 4. The van der Waals surface area contributed by atoms with Gasteiger partial charge < -0.3 is 19.8 Å². The zero-order valence-corrected chi connectivity index (χ0v) is 20.8. The summed E-state index contributed by atoms with van der Waals surface area (Å²) in [4.78, 5) is 34.2. The molecule has 2 aliphatic rings. The number of hydrogen-bond acceptors (Lipinski definition) is 4. The van der Waals surface area contributed by atoms with E-state index in [-0.39, 0.29) is 18.4 Å². The Morgan fingerprint density at radius 1 is 1.14 bits per heavy atom.